The fourth-order valence-electron chi connectivity index (χ4n) is 1.63. The molecule has 2 rings (SSSR count). The van der Waals surface area contributed by atoms with E-state index in [0.717, 1.165) is 17.0 Å². The van der Waals surface area contributed by atoms with Crippen LogP contribution in [0, 0.1) is 0 Å². The maximum Gasteiger partial charge on any atom is 0.136 e. The van der Waals surface area contributed by atoms with Crippen LogP contribution in [-0.4, -0.2) is 19.7 Å². The molecule has 5 heteroatoms. The van der Waals surface area contributed by atoms with Crippen molar-refractivity contribution in [1.82, 2.24) is 19.7 Å². The van der Waals surface area contributed by atoms with Gasteiger partial charge >= 0.3 is 0 Å². The van der Waals surface area contributed by atoms with Crippen LogP contribution in [0.1, 0.15) is 25.3 Å². The van der Waals surface area contributed by atoms with Crippen LogP contribution >= 0.6 is 11.6 Å². The van der Waals surface area contributed by atoms with Crippen LogP contribution in [0.2, 0.25) is 5.15 Å². The van der Waals surface area contributed by atoms with Gasteiger partial charge < -0.3 is 0 Å². The first-order valence-electron chi connectivity index (χ1n) is 5.10. The van der Waals surface area contributed by atoms with Crippen LogP contribution in [0.15, 0.2) is 18.6 Å². The van der Waals surface area contributed by atoms with Crippen molar-refractivity contribution in [2.45, 2.75) is 19.8 Å². The van der Waals surface area contributed by atoms with E-state index in [4.69, 9.17) is 11.6 Å². The Labute approximate surface area is 99.3 Å². The predicted molar refractivity (Wildman–Crippen MR) is 63.3 cm³/mol. The molecule has 0 aliphatic heterocycles. The molecule has 0 aliphatic rings. The van der Waals surface area contributed by atoms with E-state index >= 15 is 0 Å². The number of aromatic nitrogens is 4. The summed E-state index contributed by atoms with van der Waals surface area (Å²) in [6.07, 6.45) is 3.35. The molecule has 0 fully saturated rings. The molecule has 0 bridgehead atoms. The largest absolute Gasteiger partial charge is 0.275 e. The highest BCUT2D eigenvalue weighted by atomic mass is 35.5. The van der Waals surface area contributed by atoms with Gasteiger partial charge in [0, 0.05) is 18.8 Å². The van der Waals surface area contributed by atoms with Crippen molar-refractivity contribution < 1.29 is 0 Å². The molecular formula is C11H13ClN4. The molecule has 16 heavy (non-hydrogen) atoms. The zero-order valence-corrected chi connectivity index (χ0v) is 10.2. The second kappa shape index (κ2) is 4.22. The summed E-state index contributed by atoms with van der Waals surface area (Å²) in [6, 6.07) is 1.92. The van der Waals surface area contributed by atoms with Crippen molar-refractivity contribution in [3.05, 3.63) is 29.3 Å². The van der Waals surface area contributed by atoms with Gasteiger partial charge in [0.2, 0.25) is 0 Å². The standard InChI is InChI=1S/C11H13ClN4/c1-7(2)9-10(13-6-14-11(9)12)8-4-5-16(3)15-8/h4-7H,1-3H3. The number of halogens is 1. The van der Waals surface area contributed by atoms with E-state index in [2.05, 4.69) is 28.9 Å². The zero-order chi connectivity index (χ0) is 11.7. The highest BCUT2D eigenvalue weighted by Gasteiger charge is 2.16. The second-order valence-electron chi connectivity index (χ2n) is 3.96. The molecule has 0 unspecified atom stereocenters. The maximum absolute atomic E-state index is 6.10. The average molecular weight is 237 g/mol. The van der Waals surface area contributed by atoms with Gasteiger partial charge in [-0.2, -0.15) is 5.10 Å². The summed E-state index contributed by atoms with van der Waals surface area (Å²) in [5.41, 5.74) is 2.59. The van der Waals surface area contributed by atoms with Gasteiger partial charge in [0.15, 0.2) is 0 Å². The molecule has 0 radical (unpaired) electrons. The molecule has 2 aromatic rings. The van der Waals surface area contributed by atoms with Gasteiger partial charge in [-0.25, -0.2) is 9.97 Å². The molecule has 0 atom stereocenters. The Hall–Kier alpha value is -1.42. The Kier molecular flexibility index (Phi) is 2.92. The summed E-state index contributed by atoms with van der Waals surface area (Å²) in [5, 5.41) is 4.84. The third kappa shape index (κ3) is 1.93. The minimum absolute atomic E-state index is 0.269. The molecule has 0 saturated heterocycles. The molecular weight excluding hydrogens is 224 g/mol. The summed E-state index contributed by atoms with van der Waals surface area (Å²) >= 11 is 6.10. The molecule has 0 N–H and O–H groups in total. The van der Waals surface area contributed by atoms with Crippen molar-refractivity contribution >= 4 is 11.6 Å². The van der Waals surface area contributed by atoms with Gasteiger partial charge in [0.05, 0.1) is 5.69 Å². The lowest BCUT2D eigenvalue weighted by Crippen LogP contribution is -2.00. The molecule has 84 valence electrons. The van der Waals surface area contributed by atoms with Crippen LogP contribution < -0.4 is 0 Å². The van der Waals surface area contributed by atoms with Crippen molar-refractivity contribution in [3.8, 4) is 11.4 Å². The Balaban J connectivity index is 2.60. The fraction of sp³-hybridized carbons (Fsp3) is 0.364. The lowest BCUT2D eigenvalue weighted by atomic mass is 10.0. The molecule has 4 nitrogen and oxygen atoms in total. The first-order valence-corrected chi connectivity index (χ1v) is 5.47. The maximum atomic E-state index is 6.10. The number of hydrogen-bond donors (Lipinski definition) is 0. The quantitative estimate of drug-likeness (QED) is 0.753. The van der Waals surface area contributed by atoms with Gasteiger partial charge in [-0.05, 0) is 12.0 Å². The Morgan fingerprint density at radius 1 is 1.31 bits per heavy atom. The van der Waals surface area contributed by atoms with Crippen molar-refractivity contribution in [1.29, 1.82) is 0 Å². The van der Waals surface area contributed by atoms with Crippen LogP contribution in [0.3, 0.4) is 0 Å². The van der Waals surface area contributed by atoms with Gasteiger partial charge in [-0.3, -0.25) is 4.68 Å². The summed E-state index contributed by atoms with van der Waals surface area (Å²) in [7, 11) is 1.88. The molecule has 0 saturated carbocycles. The Morgan fingerprint density at radius 2 is 2.06 bits per heavy atom. The smallest absolute Gasteiger partial charge is 0.136 e. The first-order chi connectivity index (χ1) is 7.59. The van der Waals surface area contributed by atoms with E-state index in [1.165, 1.54) is 6.33 Å². The zero-order valence-electron chi connectivity index (χ0n) is 9.48. The van der Waals surface area contributed by atoms with Gasteiger partial charge in [-0.1, -0.05) is 25.4 Å². The minimum Gasteiger partial charge on any atom is -0.275 e. The highest BCUT2D eigenvalue weighted by molar-refractivity contribution is 6.30. The average Bonchev–Trinajstić information content (AvgIpc) is 2.63. The first kappa shape index (κ1) is 11.1. The molecule has 0 spiro atoms. The predicted octanol–water partition coefficient (Wildman–Crippen LogP) is 2.65. The molecule has 2 heterocycles. The lowest BCUT2D eigenvalue weighted by Gasteiger charge is -2.10. The van der Waals surface area contributed by atoms with Crippen molar-refractivity contribution in [3.63, 3.8) is 0 Å². The van der Waals surface area contributed by atoms with E-state index in [1.54, 1.807) is 4.68 Å². The van der Waals surface area contributed by atoms with E-state index in [9.17, 15) is 0 Å². The monoisotopic (exact) mass is 236 g/mol. The molecule has 0 aromatic carbocycles. The molecule has 2 aromatic heterocycles. The number of hydrogen-bond acceptors (Lipinski definition) is 3. The summed E-state index contributed by atoms with van der Waals surface area (Å²) in [6.45, 7) is 4.13. The topological polar surface area (TPSA) is 43.6 Å². The Bertz CT molecular complexity index is 504. The van der Waals surface area contributed by atoms with Crippen molar-refractivity contribution in [2.24, 2.45) is 7.05 Å². The molecule has 0 aliphatic carbocycles. The van der Waals surface area contributed by atoms with Crippen LogP contribution in [0.5, 0.6) is 0 Å². The minimum atomic E-state index is 0.269. The fourth-order valence-corrected chi connectivity index (χ4v) is 1.98. The highest BCUT2D eigenvalue weighted by Crippen LogP contribution is 2.30. The van der Waals surface area contributed by atoms with E-state index in [-0.39, 0.29) is 5.92 Å². The van der Waals surface area contributed by atoms with Gasteiger partial charge in [0.1, 0.15) is 17.2 Å². The Morgan fingerprint density at radius 3 is 2.62 bits per heavy atom. The van der Waals surface area contributed by atoms with E-state index in [1.807, 2.05) is 19.3 Å². The number of rotatable bonds is 2. The third-order valence-electron chi connectivity index (χ3n) is 2.37. The van der Waals surface area contributed by atoms with Gasteiger partial charge in [0.25, 0.3) is 0 Å². The number of nitrogens with zero attached hydrogens (tertiary/aromatic N) is 4. The second-order valence-corrected chi connectivity index (χ2v) is 4.31. The summed E-state index contributed by atoms with van der Waals surface area (Å²) < 4.78 is 1.75. The SMILES string of the molecule is CC(C)c1c(Cl)ncnc1-c1ccn(C)n1. The third-order valence-corrected chi connectivity index (χ3v) is 2.67. The van der Waals surface area contributed by atoms with Crippen LogP contribution in [-0.2, 0) is 7.05 Å². The molecule has 0 amide bonds. The summed E-state index contributed by atoms with van der Waals surface area (Å²) in [4.78, 5) is 8.29. The normalized spacial score (nSPS) is 11.1. The van der Waals surface area contributed by atoms with Crippen LogP contribution in [0.25, 0.3) is 11.4 Å². The summed E-state index contributed by atoms with van der Waals surface area (Å²) in [5.74, 6) is 0.269. The van der Waals surface area contributed by atoms with Gasteiger partial charge in [-0.15, -0.1) is 0 Å². The number of aryl methyl sites for hydroxylation is 1. The van der Waals surface area contributed by atoms with Crippen LogP contribution in [0.4, 0.5) is 0 Å². The van der Waals surface area contributed by atoms with E-state index in [0.29, 0.717) is 5.15 Å². The lowest BCUT2D eigenvalue weighted by molar-refractivity contribution is 0.767. The van der Waals surface area contributed by atoms with E-state index < -0.39 is 0 Å². The van der Waals surface area contributed by atoms with Crippen molar-refractivity contribution in [2.75, 3.05) is 0 Å².